The number of para-hydroxylation sites is 1. The topological polar surface area (TPSA) is 81.9 Å². The second-order valence-corrected chi connectivity index (χ2v) is 6.51. The van der Waals surface area contributed by atoms with E-state index in [9.17, 15) is 4.79 Å². The van der Waals surface area contributed by atoms with Gasteiger partial charge in [-0.05, 0) is 25.5 Å². The van der Waals surface area contributed by atoms with Gasteiger partial charge in [-0.1, -0.05) is 18.2 Å². The third kappa shape index (κ3) is 3.37. The summed E-state index contributed by atoms with van der Waals surface area (Å²) in [6.45, 7) is 3.42. The number of carbonyl (C=O) groups excluding carboxylic acids is 1. The molecule has 0 saturated heterocycles. The van der Waals surface area contributed by atoms with Crippen LogP contribution in [0.5, 0.6) is 5.75 Å². The van der Waals surface area contributed by atoms with E-state index in [0.29, 0.717) is 19.7 Å². The Labute approximate surface area is 151 Å². The number of amides is 1. The van der Waals surface area contributed by atoms with Gasteiger partial charge in [0.05, 0.1) is 19.0 Å². The number of ether oxygens (including phenoxy) is 1. The van der Waals surface area contributed by atoms with Gasteiger partial charge < -0.3 is 10.1 Å². The Morgan fingerprint density at radius 1 is 1.35 bits per heavy atom. The van der Waals surface area contributed by atoms with E-state index >= 15 is 0 Å². The standard InChI is InChI=1S/C19H21N5O2/c1-13-5-6-14-3-2-4-16(18(14)23-13)26-10-9-20-19(25)15-7-8-17-21-12-22-24(17)11-15/h2-6,12,15H,7-11H2,1H3,(H,20,25). The first-order valence-electron chi connectivity index (χ1n) is 8.84. The molecule has 1 unspecified atom stereocenters. The second kappa shape index (κ2) is 7.11. The summed E-state index contributed by atoms with van der Waals surface area (Å²) in [6.07, 6.45) is 3.14. The Morgan fingerprint density at radius 3 is 3.19 bits per heavy atom. The minimum Gasteiger partial charge on any atom is -0.489 e. The fourth-order valence-corrected chi connectivity index (χ4v) is 3.27. The van der Waals surface area contributed by atoms with Crippen LogP contribution in [0.1, 0.15) is 17.9 Å². The van der Waals surface area contributed by atoms with Crippen molar-refractivity contribution in [3.63, 3.8) is 0 Å². The molecule has 3 heterocycles. The average Bonchev–Trinajstić information content (AvgIpc) is 3.13. The molecule has 1 amide bonds. The van der Waals surface area contributed by atoms with Crippen LogP contribution in [-0.4, -0.2) is 38.8 Å². The number of carbonyl (C=O) groups is 1. The van der Waals surface area contributed by atoms with Crippen molar-refractivity contribution in [3.8, 4) is 5.75 Å². The quantitative estimate of drug-likeness (QED) is 0.710. The SMILES string of the molecule is Cc1ccc2cccc(OCCNC(=O)C3CCc4ncnn4C3)c2n1. The summed E-state index contributed by atoms with van der Waals surface area (Å²) in [5.41, 5.74) is 1.80. The molecule has 0 fully saturated rings. The molecule has 26 heavy (non-hydrogen) atoms. The summed E-state index contributed by atoms with van der Waals surface area (Å²) in [5.74, 6) is 1.68. The normalized spacial score (nSPS) is 16.3. The van der Waals surface area contributed by atoms with Crippen molar-refractivity contribution in [2.24, 2.45) is 5.92 Å². The Bertz CT molecular complexity index is 937. The summed E-state index contributed by atoms with van der Waals surface area (Å²) in [7, 11) is 0. The molecule has 7 nitrogen and oxygen atoms in total. The predicted octanol–water partition coefficient (Wildman–Crippen LogP) is 1.89. The highest BCUT2D eigenvalue weighted by Gasteiger charge is 2.25. The van der Waals surface area contributed by atoms with E-state index in [4.69, 9.17) is 4.74 Å². The third-order valence-corrected chi connectivity index (χ3v) is 4.66. The van der Waals surface area contributed by atoms with Crippen LogP contribution in [0.4, 0.5) is 0 Å². The molecule has 3 aromatic rings. The maximum atomic E-state index is 12.4. The van der Waals surface area contributed by atoms with Crippen LogP contribution in [0.25, 0.3) is 10.9 Å². The number of hydrogen-bond acceptors (Lipinski definition) is 5. The number of nitrogens with one attached hydrogen (secondary N) is 1. The molecule has 2 aromatic heterocycles. The smallest absolute Gasteiger partial charge is 0.225 e. The summed E-state index contributed by atoms with van der Waals surface area (Å²) in [6, 6.07) is 9.89. The molecular formula is C19H21N5O2. The zero-order chi connectivity index (χ0) is 17.9. The molecule has 0 spiro atoms. The molecule has 0 saturated carbocycles. The fraction of sp³-hybridized carbons (Fsp3) is 0.368. The third-order valence-electron chi connectivity index (χ3n) is 4.66. The van der Waals surface area contributed by atoms with E-state index in [0.717, 1.165) is 41.0 Å². The van der Waals surface area contributed by atoms with Crippen molar-refractivity contribution in [2.45, 2.75) is 26.3 Å². The minimum atomic E-state index is -0.0638. The molecular weight excluding hydrogens is 330 g/mol. The van der Waals surface area contributed by atoms with Crippen molar-refractivity contribution in [3.05, 3.63) is 48.2 Å². The lowest BCUT2D eigenvalue weighted by Gasteiger charge is -2.21. The number of hydrogen-bond donors (Lipinski definition) is 1. The molecule has 1 aliphatic rings. The lowest BCUT2D eigenvalue weighted by Crippen LogP contribution is -2.38. The molecule has 1 aromatic carbocycles. The zero-order valence-corrected chi connectivity index (χ0v) is 14.7. The van der Waals surface area contributed by atoms with Crippen LogP contribution in [-0.2, 0) is 17.8 Å². The molecule has 134 valence electrons. The number of rotatable bonds is 5. The highest BCUT2D eigenvalue weighted by Crippen LogP contribution is 2.23. The minimum absolute atomic E-state index is 0.0432. The average molecular weight is 351 g/mol. The Hall–Kier alpha value is -2.96. The molecule has 4 rings (SSSR count). The number of fused-ring (bicyclic) bond motifs is 2. The lowest BCUT2D eigenvalue weighted by molar-refractivity contribution is -0.126. The van der Waals surface area contributed by atoms with Gasteiger partial charge in [-0.3, -0.25) is 4.79 Å². The summed E-state index contributed by atoms with van der Waals surface area (Å²) < 4.78 is 7.66. The van der Waals surface area contributed by atoms with Gasteiger partial charge >= 0.3 is 0 Å². The molecule has 7 heteroatoms. The molecule has 1 aliphatic heterocycles. The van der Waals surface area contributed by atoms with E-state index in [1.807, 2.05) is 41.9 Å². The van der Waals surface area contributed by atoms with E-state index < -0.39 is 0 Å². The van der Waals surface area contributed by atoms with Crippen molar-refractivity contribution in [1.82, 2.24) is 25.1 Å². The van der Waals surface area contributed by atoms with Gasteiger partial charge in [0.25, 0.3) is 0 Å². The Morgan fingerprint density at radius 2 is 2.27 bits per heavy atom. The van der Waals surface area contributed by atoms with Gasteiger partial charge in [-0.25, -0.2) is 14.6 Å². The van der Waals surface area contributed by atoms with Gasteiger partial charge in [0.15, 0.2) is 0 Å². The number of aromatic nitrogens is 4. The van der Waals surface area contributed by atoms with Crippen molar-refractivity contribution in [1.29, 1.82) is 0 Å². The predicted molar refractivity (Wildman–Crippen MR) is 96.8 cm³/mol. The van der Waals surface area contributed by atoms with Crippen molar-refractivity contribution in [2.75, 3.05) is 13.2 Å². The second-order valence-electron chi connectivity index (χ2n) is 6.51. The van der Waals surface area contributed by atoms with Crippen LogP contribution in [0.15, 0.2) is 36.7 Å². The van der Waals surface area contributed by atoms with Gasteiger partial charge in [0, 0.05) is 17.5 Å². The van der Waals surface area contributed by atoms with E-state index in [2.05, 4.69) is 20.4 Å². The highest BCUT2D eigenvalue weighted by atomic mass is 16.5. The molecule has 1 N–H and O–H groups in total. The summed E-state index contributed by atoms with van der Waals surface area (Å²) >= 11 is 0. The van der Waals surface area contributed by atoms with Gasteiger partial charge in [0.2, 0.25) is 5.91 Å². The van der Waals surface area contributed by atoms with Crippen LogP contribution >= 0.6 is 0 Å². The Balaban J connectivity index is 1.31. The van der Waals surface area contributed by atoms with Crippen LogP contribution in [0, 0.1) is 12.8 Å². The highest BCUT2D eigenvalue weighted by molar-refractivity contribution is 5.84. The van der Waals surface area contributed by atoms with E-state index in [1.165, 1.54) is 0 Å². The molecule has 0 radical (unpaired) electrons. The number of aryl methyl sites for hydroxylation is 2. The maximum absolute atomic E-state index is 12.4. The summed E-state index contributed by atoms with van der Waals surface area (Å²) in [4.78, 5) is 21.1. The Kier molecular flexibility index (Phi) is 4.51. The van der Waals surface area contributed by atoms with Crippen LogP contribution in [0.3, 0.4) is 0 Å². The molecule has 0 aliphatic carbocycles. The molecule has 0 bridgehead atoms. The lowest BCUT2D eigenvalue weighted by atomic mass is 9.99. The van der Waals surface area contributed by atoms with Crippen LogP contribution < -0.4 is 10.1 Å². The molecule has 1 atom stereocenters. The number of nitrogens with zero attached hydrogens (tertiary/aromatic N) is 4. The summed E-state index contributed by atoms with van der Waals surface area (Å²) in [5, 5.41) is 8.16. The number of pyridine rings is 1. The van der Waals surface area contributed by atoms with Gasteiger partial charge in [-0.15, -0.1) is 0 Å². The maximum Gasteiger partial charge on any atom is 0.225 e. The fourth-order valence-electron chi connectivity index (χ4n) is 3.27. The first kappa shape index (κ1) is 16.5. The first-order valence-corrected chi connectivity index (χ1v) is 8.84. The monoisotopic (exact) mass is 351 g/mol. The van der Waals surface area contributed by atoms with Gasteiger partial charge in [0.1, 0.15) is 30.0 Å². The zero-order valence-electron chi connectivity index (χ0n) is 14.7. The number of benzene rings is 1. The van der Waals surface area contributed by atoms with Crippen LogP contribution in [0.2, 0.25) is 0 Å². The largest absolute Gasteiger partial charge is 0.489 e. The van der Waals surface area contributed by atoms with Gasteiger partial charge in [-0.2, -0.15) is 5.10 Å². The van der Waals surface area contributed by atoms with E-state index in [1.54, 1.807) is 6.33 Å². The van der Waals surface area contributed by atoms with Crippen molar-refractivity contribution < 1.29 is 9.53 Å². The van der Waals surface area contributed by atoms with Crippen molar-refractivity contribution >= 4 is 16.8 Å². The first-order chi connectivity index (χ1) is 12.7. The van der Waals surface area contributed by atoms with E-state index in [-0.39, 0.29) is 11.8 Å².